The molecule has 0 aliphatic carbocycles. The molecule has 1 aromatic carbocycles. The molecule has 0 spiro atoms. The van der Waals surface area contributed by atoms with Crippen molar-refractivity contribution in [3.05, 3.63) is 33.9 Å². The van der Waals surface area contributed by atoms with E-state index in [9.17, 15) is 14.9 Å². The van der Waals surface area contributed by atoms with E-state index in [1.165, 1.54) is 19.2 Å². The highest BCUT2D eigenvalue weighted by Gasteiger charge is 2.20. The van der Waals surface area contributed by atoms with Gasteiger partial charge in [0.25, 0.3) is 5.69 Å². The molecule has 0 aliphatic rings. The van der Waals surface area contributed by atoms with Gasteiger partial charge < -0.3 is 4.74 Å². The number of ether oxygens (including phenoxy) is 1. The van der Waals surface area contributed by atoms with E-state index in [2.05, 4.69) is 4.74 Å². The Bertz CT molecular complexity index is 405. The van der Waals surface area contributed by atoms with Crippen LogP contribution in [-0.4, -0.2) is 25.3 Å². The van der Waals surface area contributed by atoms with E-state index in [-0.39, 0.29) is 11.3 Å². The van der Waals surface area contributed by atoms with E-state index >= 15 is 0 Å². The van der Waals surface area contributed by atoms with Crippen LogP contribution in [0.5, 0.6) is 0 Å². The maximum atomic E-state index is 11.2. The van der Waals surface area contributed by atoms with Crippen LogP contribution >= 0.6 is 0 Å². The minimum atomic E-state index is -0.690. The number of nitro groups is 1. The van der Waals surface area contributed by atoms with Crippen LogP contribution in [0.15, 0.2) is 18.2 Å². The minimum absolute atomic E-state index is 0.0142. The predicted octanol–water partition coefficient (Wildman–Crippen LogP) is 0.491. The summed E-state index contributed by atoms with van der Waals surface area (Å²) in [4.78, 5) is 21.3. The average Bonchev–Trinajstić information content (AvgIpc) is 2.27. The molecule has 15 heavy (non-hydrogen) atoms. The number of nitro benzene ring substituents is 1. The zero-order chi connectivity index (χ0) is 11.4. The zero-order valence-electron chi connectivity index (χ0n) is 8.52. The third-order valence-corrected chi connectivity index (χ3v) is 2.07. The van der Waals surface area contributed by atoms with Gasteiger partial charge in [-0.05, 0) is 6.07 Å². The maximum Gasteiger partial charge on any atom is 0.344 e. The molecule has 0 unspecified atom stereocenters. The highest BCUT2D eigenvalue weighted by Crippen LogP contribution is 2.17. The molecule has 5 nitrogen and oxygen atoms in total. The quantitative estimate of drug-likeness (QED) is 0.313. The second-order valence-electron chi connectivity index (χ2n) is 2.95. The fourth-order valence-corrected chi connectivity index (χ4v) is 1.23. The van der Waals surface area contributed by atoms with Crippen LogP contribution in [0.2, 0.25) is 6.82 Å². The molecule has 0 amide bonds. The number of carbonyl (C=O) groups is 1. The van der Waals surface area contributed by atoms with Crippen molar-refractivity contribution in [2.75, 3.05) is 7.11 Å². The molecule has 1 aromatic rings. The Labute approximate surface area is 87.4 Å². The highest BCUT2D eigenvalue weighted by atomic mass is 16.6. The third-order valence-electron chi connectivity index (χ3n) is 2.07. The van der Waals surface area contributed by atoms with Crippen LogP contribution in [0.25, 0.3) is 0 Å². The number of nitrogens with zero attached hydrogens (tertiary/aromatic N) is 1. The second-order valence-corrected chi connectivity index (χ2v) is 2.95. The molecule has 78 valence electrons. The van der Waals surface area contributed by atoms with E-state index in [0.29, 0.717) is 7.28 Å². The van der Waals surface area contributed by atoms with Gasteiger partial charge in [0.05, 0.1) is 12.0 Å². The van der Waals surface area contributed by atoms with Crippen molar-refractivity contribution in [2.24, 2.45) is 0 Å². The van der Waals surface area contributed by atoms with E-state index in [0.717, 1.165) is 5.46 Å². The molecule has 0 atom stereocenters. The van der Waals surface area contributed by atoms with Crippen molar-refractivity contribution < 1.29 is 14.5 Å². The molecule has 0 aliphatic heterocycles. The van der Waals surface area contributed by atoms with Gasteiger partial charge >= 0.3 is 5.97 Å². The van der Waals surface area contributed by atoms with E-state index in [1.807, 2.05) is 6.82 Å². The van der Waals surface area contributed by atoms with E-state index in [1.54, 1.807) is 6.07 Å². The molecular weight excluding hydrogens is 197 g/mol. The number of methoxy groups -OCH3 is 1. The number of rotatable bonds is 3. The largest absolute Gasteiger partial charge is 0.465 e. The van der Waals surface area contributed by atoms with Crippen LogP contribution in [0, 0.1) is 10.1 Å². The Morgan fingerprint density at radius 2 is 2.20 bits per heavy atom. The number of benzene rings is 1. The fraction of sp³-hybridized carbons (Fsp3) is 0.222. The lowest BCUT2D eigenvalue weighted by atomic mass is 9.73. The van der Waals surface area contributed by atoms with E-state index in [4.69, 9.17) is 0 Å². The number of carbonyl (C=O) groups excluding carboxylic acids is 1. The van der Waals surface area contributed by atoms with Gasteiger partial charge in [-0.3, -0.25) is 10.1 Å². The normalized spacial score (nSPS) is 9.47. The van der Waals surface area contributed by atoms with E-state index < -0.39 is 10.9 Å². The standard InChI is InChI=1S/C9H10BNO4/c1-10-6-3-4-7(9(12)15-2)8(5-6)11(13)14/h3-5,10H,1-2H3. The number of esters is 1. The Kier molecular flexibility index (Phi) is 3.44. The van der Waals surface area contributed by atoms with Crippen LogP contribution in [0.3, 0.4) is 0 Å². The molecule has 0 radical (unpaired) electrons. The van der Waals surface area contributed by atoms with Crippen molar-refractivity contribution in [1.82, 2.24) is 0 Å². The van der Waals surface area contributed by atoms with Crippen LogP contribution < -0.4 is 5.46 Å². The van der Waals surface area contributed by atoms with Gasteiger partial charge in [-0.15, -0.1) is 0 Å². The summed E-state index contributed by atoms with van der Waals surface area (Å²) in [6.45, 7) is 1.89. The molecule has 0 saturated heterocycles. The predicted molar refractivity (Wildman–Crippen MR) is 57.1 cm³/mol. The first-order chi connectivity index (χ1) is 7.10. The monoisotopic (exact) mass is 207 g/mol. The Balaban J connectivity index is 3.27. The summed E-state index contributed by atoms with van der Waals surface area (Å²) in [5, 5.41) is 10.7. The number of hydrogen-bond donors (Lipinski definition) is 0. The van der Waals surface area contributed by atoms with Gasteiger partial charge in [0.2, 0.25) is 0 Å². The topological polar surface area (TPSA) is 69.4 Å². The summed E-state index contributed by atoms with van der Waals surface area (Å²) in [5.74, 6) is -0.690. The van der Waals surface area contributed by atoms with Gasteiger partial charge in [-0.1, -0.05) is 18.4 Å². The summed E-state index contributed by atoms with van der Waals surface area (Å²) < 4.78 is 4.46. The van der Waals surface area contributed by atoms with Crippen molar-refractivity contribution in [3.63, 3.8) is 0 Å². The summed E-state index contributed by atoms with van der Waals surface area (Å²) >= 11 is 0. The highest BCUT2D eigenvalue weighted by molar-refractivity contribution is 6.52. The first-order valence-corrected chi connectivity index (χ1v) is 4.45. The minimum Gasteiger partial charge on any atom is -0.465 e. The summed E-state index contributed by atoms with van der Waals surface area (Å²) in [5.41, 5.74) is 0.593. The average molecular weight is 207 g/mol. The summed E-state index contributed by atoms with van der Waals surface area (Å²) in [6, 6.07) is 4.49. The molecule has 0 bridgehead atoms. The lowest BCUT2D eigenvalue weighted by molar-refractivity contribution is -0.385. The third kappa shape index (κ3) is 2.34. The molecule has 0 saturated carbocycles. The molecule has 0 fully saturated rings. The molecule has 6 heteroatoms. The Morgan fingerprint density at radius 1 is 1.53 bits per heavy atom. The molecule has 1 rings (SSSR count). The Morgan fingerprint density at radius 3 is 2.67 bits per heavy atom. The molecule has 0 heterocycles. The first-order valence-electron chi connectivity index (χ1n) is 4.45. The van der Waals surface area contributed by atoms with Gasteiger partial charge in [0.15, 0.2) is 7.28 Å². The lowest BCUT2D eigenvalue weighted by Gasteiger charge is -2.02. The smallest absolute Gasteiger partial charge is 0.344 e. The van der Waals surface area contributed by atoms with Crippen molar-refractivity contribution in [2.45, 2.75) is 6.82 Å². The van der Waals surface area contributed by atoms with Crippen LogP contribution in [-0.2, 0) is 4.74 Å². The first kappa shape index (κ1) is 11.2. The van der Waals surface area contributed by atoms with Gasteiger partial charge in [-0.25, -0.2) is 4.79 Å². The van der Waals surface area contributed by atoms with Gasteiger partial charge in [0, 0.05) is 6.07 Å². The van der Waals surface area contributed by atoms with Gasteiger partial charge in [-0.2, -0.15) is 0 Å². The van der Waals surface area contributed by atoms with Crippen LogP contribution in [0.1, 0.15) is 10.4 Å². The number of hydrogen-bond acceptors (Lipinski definition) is 4. The maximum absolute atomic E-state index is 11.2. The fourth-order valence-electron chi connectivity index (χ4n) is 1.23. The van der Waals surface area contributed by atoms with Gasteiger partial charge in [0.1, 0.15) is 5.56 Å². The molecular formula is C9H10BNO4. The van der Waals surface area contributed by atoms with Crippen LogP contribution in [0.4, 0.5) is 5.69 Å². The van der Waals surface area contributed by atoms with Crippen molar-refractivity contribution in [3.8, 4) is 0 Å². The molecule has 0 N–H and O–H groups in total. The van der Waals surface area contributed by atoms with Crippen molar-refractivity contribution in [1.29, 1.82) is 0 Å². The Hall–Kier alpha value is -1.85. The second kappa shape index (κ2) is 4.59. The lowest BCUT2D eigenvalue weighted by Crippen LogP contribution is -2.14. The summed E-state index contributed by atoms with van der Waals surface area (Å²) in [6.07, 6.45) is 0. The summed E-state index contributed by atoms with van der Waals surface area (Å²) in [7, 11) is 1.88. The molecule has 0 aromatic heterocycles. The zero-order valence-corrected chi connectivity index (χ0v) is 8.52. The van der Waals surface area contributed by atoms with Crippen molar-refractivity contribution >= 4 is 24.4 Å². The SMILES string of the molecule is CBc1ccc(C(=O)OC)c([N+](=O)[O-])c1.